The summed E-state index contributed by atoms with van der Waals surface area (Å²) in [5.41, 5.74) is 0.781. The van der Waals surface area contributed by atoms with Crippen molar-refractivity contribution in [3.05, 3.63) is 53.1 Å². The summed E-state index contributed by atoms with van der Waals surface area (Å²) >= 11 is 0. The molecule has 218 valence electrons. The molecule has 0 radical (unpaired) electrons. The molecule has 3 aromatic rings. The Bertz CT molecular complexity index is 1470. The normalized spacial score (nSPS) is 18.4. The quantitative estimate of drug-likeness (QED) is 0.337. The molecule has 0 unspecified atom stereocenters. The fourth-order valence-electron chi connectivity index (χ4n) is 5.41. The highest BCUT2D eigenvalue weighted by molar-refractivity contribution is 6.04. The molecule has 2 atom stereocenters. The van der Waals surface area contributed by atoms with Gasteiger partial charge in [-0.05, 0) is 25.0 Å². The highest BCUT2D eigenvalue weighted by Gasteiger charge is 2.37. The van der Waals surface area contributed by atoms with Gasteiger partial charge < -0.3 is 30.1 Å². The molecular formula is C27H29F3N6O5. The molecule has 2 aliphatic rings. The first kappa shape index (κ1) is 28.1. The third-order valence-electron chi connectivity index (χ3n) is 7.41. The maximum atomic E-state index is 16.1. The number of nitrogens with one attached hydrogen (secondary N) is 2. The van der Waals surface area contributed by atoms with Gasteiger partial charge in [-0.25, -0.2) is 18.9 Å². The number of benzene rings is 1. The van der Waals surface area contributed by atoms with Crippen molar-refractivity contribution in [3.8, 4) is 22.8 Å². The number of methoxy groups -OCH3 is 2. The van der Waals surface area contributed by atoms with Gasteiger partial charge in [0.25, 0.3) is 5.91 Å². The second kappa shape index (κ2) is 11.6. The average molecular weight is 575 g/mol. The number of alkyl halides is 2. The van der Waals surface area contributed by atoms with Crippen LogP contribution in [0.1, 0.15) is 53.7 Å². The summed E-state index contributed by atoms with van der Waals surface area (Å²) < 4.78 is 53.8. The number of rotatable bonds is 9. The molecule has 3 heterocycles. The van der Waals surface area contributed by atoms with Crippen molar-refractivity contribution in [1.29, 1.82) is 0 Å². The predicted octanol–water partition coefficient (Wildman–Crippen LogP) is 4.64. The van der Waals surface area contributed by atoms with Crippen molar-refractivity contribution in [2.24, 2.45) is 0 Å². The number of pyridine rings is 1. The summed E-state index contributed by atoms with van der Waals surface area (Å²) in [7, 11) is 3.00. The van der Waals surface area contributed by atoms with Gasteiger partial charge in [-0.1, -0.05) is 12.8 Å². The molecule has 2 aromatic heterocycles. The van der Waals surface area contributed by atoms with E-state index in [0.717, 1.165) is 25.2 Å². The third kappa shape index (κ3) is 5.58. The predicted molar refractivity (Wildman–Crippen MR) is 141 cm³/mol. The number of fused-ring (bicyclic) bond motifs is 1. The van der Waals surface area contributed by atoms with E-state index < -0.39 is 36.5 Å². The Morgan fingerprint density at radius 2 is 1.95 bits per heavy atom. The molecule has 11 nitrogen and oxygen atoms in total. The smallest absolute Gasteiger partial charge is 0.404 e. The van der Waals surface area contributed by atoms with Crippen LogP contribution in [0.4, 0.5) is 23.8 Å². The van der Waals surface area contributed by atoms with Gasteiger partial charge in [0.1, 0.15) is 11.5 Å². The number of ether oxygens (including phenoxy) is 2. The first-order valence-electron chi connectivity index (χ1n) is 13.0. The van der Waals surface area contributed by atoms with Crippen molar-refractivity contribution >= 4 is 17.8 Å². The Balaban J connectivity index is 1.54. The van der Waals surface area contributed by atoms with Gasteiger partial charge in [-0.3, -0.25) is 4.79 Å². The van der Waals surface area contributed by atoms with Gasteiger partial charge in [0, 0.05) is 41.5 Å². The molecule has 1 fully saturated rings. The van der Waals surface area contributed by atoms with Crippen LogP contribution < -0.4 is 20.1 Å². The van der Waals surface area contributed by atoms with E-state index in [9.17, 15) is 23.5 Å². The standard InChI is InChI=1S/C27H29F3N6O5/c1-40-16-8-7-14(20(9-16)41-2)11-35-13-17-21(25(35)37)23(15-10-31-36(12-15)26(29)30)34-24(22(17)28)32-18-5-3-4-6-19(18)33-27(38)39/h7-10,12,18-19,26,33H,3-6,11,13H2,1-2H3,(H,32,34)(H,38,39)/t18-,19-/m1/s1. The number of halogens is 3. The Hall–Kier alpha value is -4.49. The Morgan fingerprint density at radius 3 is 2.61 bits per heavy atom. The van der Waals surface area contributed by atoms with Crippen LogP contribution in [0.5, 0.6) is 11.5 Å². The summed E-state index contributed by atoms with van der Waals surface area (Å²) in [6.45, 7) is -2.95. The first-order valence-corrected chi connectivity index (χ1v) is 13.0. The number of amides is 2. The van der Waals surface area contributed by atoms with Crippen LogP contribution in [0.15, 0.2) is 30.6 Å². The number of nitrogens with zero attached hydrogens (tertiary/aromatic N) is 4. The molecule has 0 bridgehead atoms. The van der Waals surface area contributed by atoms with Crippen LogP contribution in [-0.2, 0) is 13.1 Å². The van der Waals surface area contributed by atoms with Gasteiger partial charge in [-0.15, -0.1) is 0 Å². The SMILES string of the molecule is COc1ccc(CN2Cc3c(F)c(N[C@@H]4CCCC[C@H]4NC(=O)O)nc(-c4cnn(C(F)F)c4)c3C2=O)c(OC)c1. The van der Waals surface area contributed by atoms with Crippen molar-refractivity contribution in [2.75, 3.05) is 19.5 Å². The summed E-state index contributed by atoms with van der Waals surface area (Å²) in [6, 6.07) is 4.17. The van der Waals surface area contributed by atoms with Crippen LogP contribution in [0, 0.1) is 5.82 Å². The van der Waals surface area contributed by atoms with E-state index in [4.69, 9.17) is 9.47 Å². The van der Waals surface area contributed by atoms with Crippen LogP contribution in [0.2, 0.25) is 0 Å². The second-order valence-corrected chi connectivity index (χ2v) is 9.89. The zero-order chi connectivity index (χ0) is 29.3. The van der Waals surface area contributed by atoms with Crippen LogP contribution in [0.3, 0.4) is 0 Å². The lowest BCUT2D eigenvalue weighted by molar-refractivity contribution is 0.0566. The molecule has 41 heavy (non-hydrogen) atoms. The number of hydrogen-bond acceptors (Lipinski definition) is 7. The van der Waals surface area contributed by atoms with Crippen molar-refractivity contribution in [2.45, 2.75) is 57.4 Å². The summed E-state index contributed by atoms with van der Waals surface area (Å²) in [6.07, 6.45) is 3.72. The summed E-state index contributed by atoms with van der Waals surface area (Å²) in [5.74, 6) is -0.448. The van der Waals surface area contributed by atoms with E-state index in [-0.39, 0.29) is 41.3 Å². The van der Waals surface area contributed by atoms with E-state index in [1.165, 1.54) is 19.1 Å². The first-order chi connectivity index (χ1) is 19.7. The zero-order valence-electron chi connectivity index (χ0n) is 22.4. The van der Waals surface area contributed by atoms with Crippen LogP contribution in [0.25, 0.3) is 11.3 Å². The molecule has 0 saturated heterocycles. The Morgan fingerprint density at radius 1 is 1.20 bits per heavy atom. The molecule has 3 N–H and O–H groups in total. The van der Waals surface area contributed by atoms with Gasteiger partial charge in [0.05, 0.1) is 44.3 Å². The lowest BCUT2D eigenvalue weighted by atomic mass is 9.90. The van der Waals surface area contributed by atoms with Crippen LogP contribution >= 0.6 is 0 Å². The fourth-order valence-corrected chi connectivity index (χ4v) is 5.41. The van der Waals surface area contributed by atoms with Gasteiger partial charge in [0.2, 0.25) is 0 Å². The van der Waals surface area contributed by atoms with E-state index in [2.05, 4.69) is 20.7 Å². The van der Waals surface area contributed by atoms with Gasteiger partial charge in [-0.2, -0.15) is 13.9 Å². The van der Waals surface area contributed by atoms with Crippen molar-refractivity contribution < 1.29 is 37.3 Å². The summed E-state index contributed by atoms with van der Waals surface area (Å²) in [5, 5.41) is 18.4. The maximum absolute atomic E-state index is 16.1. The zero-order valence-corrected chi connectivity index (χ0v) is 22.4. The van der Waals surface area contributed by atoms with E-state index in [1.807, 2.05) is 0 Å². The maximum Gasteiger partial charge on any atom is 0.404 e. The number of carbonyl (C=O) groups is 2. The summed E-state index contributed by atoms with van der Waals surface area (Å²) in [4.78, 5) is 30.8. The van der Waals surface area contributed by atoms with E-state index >= 15 is 4.39 Å². The number of aromatic nitrogens is 3. The topological polar surface area (TPSA) is 131 Å². The number of anilines is 1. The lowest BCUT2D eigenvalue weighted by Crippen LogP contribution is -2.48. The second-order valence-electron chi connectivity index (χ2n) is 9.89. The Kier molecular flexibility index (Phi) is 7.90. The Labute approximate surface area is 233 Å². The molecule has 0 spiro atoms. The van der Waals surface area contributed by atoms with Crippen molar-refractivity contribution in [3.63, 3.8) is 0 Å². The molecular weight excluding hydrogens is 545 g/mol. The van der Waals surface area contributed by atoms with E-state index in [0.29, 0.717) is 34.6 Å². The monoisotopic (exact) mass is 574 g/mol. The average Bonchev–Trinajstić information content (AvgIpc) is 3.57. The molecule has 1 aliphatic carbocycles. The highest BCUT2D eigenvalue weighted by Crippen LogP contribution is 2.38. The lowest BCUT2D eigenvalue weighted by Gasteiger charge is -2.32. The minimum atomic E-state index is -2.92. The number of carbonyl (C=O) groups excluding carboxylic acids is 1. The fraction of sp³-hybridized carbons (Fsp3) is 0.407. The molecule has 1 aromatic carbocycles. The van der Waals surface area contributed by atoms with E-state index in [1.54, 1.807) is 18.2 Å². The largest absolute Gasteiger partial charge is 0.497 e. The van der Waals surface area contributed by atoms with Crippen molar-refractivity contribution in [1.82, 2.24) is 25.0 Å². The molecule has 14 heteroatoms. The highest BCUT2D eigenvalue weighted by atomic mass is 19.3. The van der Waals surface area contributed by atoms with Crippen LogP contribution in [-0.4, -0.2) is 63.1 Å². The number of carboxylic acid groups (broad SMARTS) is 1. The minimum Gasteiger partial charge on any atom is -0.497 e. The minimum absolute atomic E-state index is 0.00329. The third-order valence-corrected chi connectivity index (χ3v) is 7.41. The molecule has 1 saturated carbocycles. The molecule has 5 rings (SSSR count). The van der Waals surface area contributed by atoms with Gasteiger partial charge >= 0.3 is 12.6 Å². The molecule has 2 amide bonds. The molecule has 1 aliphatic heterocycles. The van der Waals surface area contributed by atoms with Gasteiger partial charge in [0.15, 0.2) is 11.6 Å². The number of hydrogen-bond donors (Lipinski definition) is 3.